The molecule has 5 nitrogen and oxygen atoms in total. The molecule has 9 heteroatoms. The minimum Gasteiger partial charge on any atom is -0.289 e. The minimum absolute atomic E-state index is 0.0362. The topological polar surface area (TPSA) is 49.7 Å². The summed E-state index contributed by atoms with van der Waals surface area (Å²) in [4.78, 5) is 17.0. The summed E-state index contributed by atoms with van der Waals surface area (Å²) in [6.07, 6.45) is 1.18. The van der Waals surface area contributed by atoms with Crippen LogP contribution in [0.15, 0.2) is 12.3 Å². The van der Waals surface area contributed by atoms with E-state index in [4.69, 9.17) is 11.6 Å². The van der Waals surface area contributed by atoms with E-state index in [1.165, 1.54) is 6.42 Å². The maximum atomic E-state index is 12.7. The second kappa shape index (κ2) is 8.00. The van der Waals surface area contributed by atoms with Crippen LogP contribution in [0.5, 0.6) is 0 Å². The Morgan fingerprint density at radius 1 is 1.15 bits per heavy atom. The first-order valence-corrected chi connectivity index (χ1v) is 9.31. The average Bonchev–Trinajstić information content (AvgIpc) is 2.62. The fraction of sp³-hybridized carbons (Fsp3) is 0.647. The maximum Gasteiger partial charge on any atom is 0.419 e. The van der Waals surface area contributed by atoms with Gasteiger partial charge >= 0.3 is 6.18 Å². The second-order valence-corrected chi connectivity index (χ2v) is 7.27. The second-order valence-electron chi connectivity index (χ2n) is 6.87. The minimum atomic E-state index is -4.43. The molecular formula is C17H23ClF3N4O+. The number of aromatic amines is 1. The molecule has 0 aromatic carbocycles. The zero-order chi connectivity index (χ0) is 18.7. The first-order valence-electron chi connectivity index (χ1n) is 8.93. The smallest absolute Gasteiger partial charge is 0.289 e. The molecule has 0 bridgehead atoms. The van der Waals surface area contributed by atoms with Crippen LogP contribution in [0.2, 0.25) is 5.02 Å². The Hall–Kier alpha value is -1.54. The van der Waals surface area contributed by atoms with Crippen LogP contribution in [-0.2, 0) is 11.0 Å². The Morgan fingerprint density at radius 2 is 1.81 bits per heavy atom. The van der Waals surface area contributed by atoms with Gasteiger partial charge in [0.25, 0.3) is 5.82 Å². The number of anilines is 1. The Bertz CT molecular complexity index is 641. The van der Waals surface area contributed by atoms with Gasteiger partial charge in [0.05, 0.1) is 18.7 Å². The number of hydrogen-bond donors (Lipinski definition) is 1. The lowest BCUT2D eigenvalue weighted by molar-refractivity contribution is -0.367. The highest BCUT2D eigenvalue weighted by atomic mass is 35.5. The molecule has 0 spiro atoms. The van der Waals surface area contributed by atoms with E-state index in [2.05, 4.69) is 10.4 Å². The number of rotatable bonds is 3. The molecule has 0 atom stereocenters. The van der Waals surface area contributed by atoms with Gasteiger partial charge in [-0.2, -0.15) is 13.2 Å². The molecule has 2 saturated heterocycles. The highest BCUT2D eigenvalue weighted by Crippen LogP contribution is 2.33. The number of nitrogens with one attached hydrogen (secondary N) is 2. The fourth-order valence-corrected chi connectivity index (χ4v) is 3.78. The van der Waals surface area contributed by atoms with Crippen LogP contribution in [0.4, 0.5) is 19.0 Å². The van der Waals surface area contributed by atoms with E-state index >= 15 is 0 Å². The number of nitrogens with zero attached hydrogens (tertiary/aromatic N) is 2. The van der Waals surface area contributed by atoms with E-state index in [0.717, 1.165) is 38.2 Å². The van der Waals surface area contributed by atoms with E-state index in [0.29, 0.717) is 31.7 Å². The molecule has 2 aliphatic rings. The molecular weight excluding hydrogens is 369 g/mol. The molecule has 0 aliphatic carbocycles. The summed E-state index contributed by atoms with van der Waals surface area (Å²) in [6.45, 7) is 2.92. The highest BCUT2D eigenvalue weighted by molar-refractivity contribution is 6.32. The van der Waals surface area contributed by atoms with Crippen molar-refractivity contribution >= 4 is 23.3 Å². The molecule has 1 aromatic heterocycles. The molecule has 2 aliphatic heterocycles. The molecule has 26 heavy (non-hydrogen) atoms. The van der Waals surface area contributed by atoms with Crippen molar-refractivity contribution in [2.24, 2.45) is 5.92 Å². The van der Waals surface area contributed by atoms with Gasteiger partial charge in [0, 0.05) is 19.0 Å². The number of pyridine rings is 1. The van der Waals surface area contributed by atoms with Crippen molar-refractivity contribution in [1.82, 2.24) is 10.4 Å². The molecule has 0 unspecified atom stereocenters. The third-order valence-corrected chi connectivity index (χ3v) is 5.29. The van der Waals surface area contributed by atoms with Crippen molar-refractivity contribution in [2.45, 2.75) is 38.3 Å². The van der Waals surface area contributed by atoms with Gasteiger partial charge in [0.2, 0.25) is 5.91 Å². The van der Waals surface area contributed by atoms with Gasteiger partial charge in [-0.25, -0.2) is 9.99 Å². The summed E-state index contributed by atoms with van der Waals surface area (Å²) in [5.41, 5.74) is 2.19. The molecule has 2 fully saturated rings. The number of H-pyrrole nitrogens is 1. The maximum absolute atomic E-state index is 12.7. The van der Waals surface area contributed by atoms with Crippen LogP contribution >= 0.6 is 11.6 Å². The number of aromatic nitrogens is 1. The Kier molecular flexibility index (Phi) is 5.92. The Balaban J connectivity index is 1.55. The zero-order valence-electron chi connectivity index (χ0n) is 14.4. The third-order valence-electron chi connectivity index (χ3n) is 5.01. The van der Waals surface area contributed by atoms with Gasteiger partial charge in [-0.3, -0.25) is 15.1 Å². The van der Waals surface area contributed by atoms with Gasteiger partial charge in [-0.05, 0) is 31.7 Å². The largest absolute Gasteiger partial charge is 0.419 e. The summed E-state index contributed by atoms with van der Waals surface area (Å²) >= 11 is 6.04. The standard InChI is InChI=1S/C17H22ClF3N4O/c18-14-10-13(17(19,20)21)11-22-15(14)24-8-4-12(5-9-24)16(26)23-25-6-2-1-3-7-25/h10-12H,1-9H2,(H,23,26)/p+1. The van der Waals surface area contributed by atoms with Crippen LogP contribution < -0.4 is 15.3 Å². The van der Waals surface area contributed by atoms with Gasteiger partial charge in [-0.15, -0.1) is 0 Å². The zero-order valence-corrected chi connectivity index (χ0v) is 15.2. The summed E-state index contributed by atoms with van der Waals surface area (Å²) < 4.78 is 38.2. The monoisotopic (exact) mass is 391 g/mol. The molecule has 144 valence electrons. The molecule has 3 heterocycles. The number of amides is 1. The van der Waals surface area contributed by atoms with E-state index in [-0.39, 0.29) is 16.8 Å². The highest BCUT2D eigenvalue weighted by Gasteiger charge is 2.35. The number of piperidine rings is 2. The van der Waals surface area contributed by atoms with Gasteiger partial charge in [-0.1, -0.05) is 18.0 Å². The molecule has 1 amide bonds. The van der Waals surface area contributed by atoms with Crippen molar-refractivity contribution < 1.29 is 22.9 Å². The third kappa shape index (κ3) is 4.59. The first-order chi connectivity index (χ1) is 12.3. The van der Waals surface area contributed by atoms with Gasteiger partial charge < -0.3 is 0 Å². The van der Waals surface area contributed by atoms with Crippen LogP contribution in [0.3, 0.4) is 0 Å². The normalized spacial score (nSPS) is 20.2. The summed E-state index contributed by atoms with van der Waals surface area (Å²) in [7, 11) is 0. The van der Waals surface area contributed by atoms with E-state index in [1.807, 2.05) is 9.91 Å². The lowest BCUT2D eigenvalue weighted by Gasteiger charge is -2.31. The number of carbonyl (C=O) groups is 1. The fourth-order valence-electron chi connectivity index (χ4n) is 3.49. The SMILES string of the molecule is O=C(NN1CCCCC1)C1CCN(c2[nH+]cc(C(F)(F)F)cc2Cl)CC1. The predicted octanol–water partition coefficient (Wildman–Crippen LogP) is 2.91. The number of halogens is 4. The van der Waals surface area contributed by atoms with Crippen molar-refractivity contribution in [3.05, 3.63) is 22.8 Å². The lowest BCUT2D eigenvalue weighted by Crippen LogP contribution is -2.49. The molecule has 0 radical (unpaired) electrons. The van der Waals surface area contributed by atoms with E-state index in [1.54, 1.807) is 0 Å². The van der Waals surface area contributed by atoms with E-state index < -0.39 is 11.7 Å². The molecule has 1 aromatic rings. The van der Waals surface area contributed by atoms with Crippen molar-refractivity contribution in [3.63, 3.8) is 0 Å². The summed E-state index contributed by atoms with van der Waals surface area (Å²) in [6, 6.07) is 0.933. The number of carbonyl (C=O) groups excluding carboxylic acids is 1. The Morgan fingerprint density at radius 3 is 2.38 bits per heavy atom. The molecule has 2 N–H and O–H groups in total. The van der Waals surface area contributed by atoms with Crippen molar-refractivity contribution in [3.8, 4) is 0 Å². The van der Waals surface area contributed by atoms with Crippen LogP contribution in [0, 0.1) is 5.92 Å². The van der Waals surface area contributed by atoms with Gasteiger partial charge in [0.15, 0.2) is 0 Å². The van der Waals surface area contributed by atoms with Crippen molar-refractivity contribution in [1.29, 1.82) is 0 Å². The molecule has 0 saturated carbocycles. The van der Waals surface area contributed by atoms with Crippen LogP contribution in [0.1, 0.15) is 37.7 Å². The van der Waals surface area contributed by atoms with Crippen molar-refractivity contribution in [2.75, 3.05) is 31.1 Å². The van der Waals surface area contributed by atoms with Crippen LogP contribution in [0.25, 0.3) is 0 Å². The quantitative estimate of drug-likeness (QED) is 0.862. The molecule has 3 rings (SSSR count). The number of alkyl halides is 3. The van der Waals surface area contributed by atoms with Crippen LogP contribution in [-0.4, -0.2) is 37.1 Å². The summed E-state index contributed by atoms with van der Waals surface area (Å²) in [5, 5.41) is 2.02. The predicted molar refractivity (Wildman–Crippen MR) is 91.5 cm³/mol. The number of hydrazine groups is 1. The lowest BCUT2D eigenvalue weighted by atomic mass is 9.96. The van der Waals surface area contributed by atoms with E-state index in [9.17, 15) is 18.0 Å². The number of hydrogen-bond acceptors (Lipinski definition) is 3. The van der Waals surface area contributed by atoms with Gasteiger partial charge in [0.1, 0.15) is 11.2 Å². The Labute approximate surface area is 155 Å². The first kappa shape index (κ1) is 19.2. The summed E-state index contributed by atoms with van der Waals surface area (Å²) in [5.74, 6) is 0.421. The average molecular weight is 392 g/mol.